The van der Waals surface area contributed by atoms with E-state index in [2.05, 4.69) is 25.6 Å². The number of alkyl halides is 1. The van der Waals surface area contributed by atoms with Crippen LogP contribution in [-0.4, -0.2) is 10.2 Å². The normalized spacial score (nSPS) is 17.7. The molecule has 2 atom stereocenters. The van der Waals surface area contributed by atoms with Gasteiger partial charge in [-0.15, -0.1) is 18.2 Å². The molecule has 0 aromatic heterocycles. The van der Waals surface area contributed by atoms with Gasteiger partial charge in [-0.1, -0.05) is 36.4 Å². The molecule has 0 amide bonds. The van der Waals surface area contributed by atoms with Crippen LogP contribution in [0.5, 0.6) is 0 Å². The van der Waals surface area contributed by atoms with Gasteiger partial charge in [0, 0.05) is 10.2 Å². The molecule has 1 aromatic rings. The number of hydrogen-bond acceptors (Lipinski definition) is 0. The van der Waals surface area contributed by atoms with Crippen LogP contribution >= 0.6 is 11.6 Å². The van der Waals surface area contributed by atoms with Crippen molar-refractivity contribution >= 4 is 21.8 Å². The van der Waals surface area contributed by atoms with Crippen molar-refractivity contribution < 1.29 is 0 Å². The zero-order chi connectivity index (χ0) is 9.90. The maximum Gasteiger partial charge on any atom is 0.0696 e. The smallest absolute Gasteiger partial charge is 0.0696 e. The van der Waals surface area contributed by atoms with E-state index in [1.165, 1.54) is 5.56 Å². The van der Waals surface area contributed by atoms with E-state index in [0.717, 1.165) is 10.2 Å². The third-order valence-electron chi connectivity index (χ3n) is 2.55. The molecule has 70 valence electrons. The lowest BCUT2D eigenvalue weighted by Crippen LogP contribution is -2.19. The van der Waals surface area contributed by atoms with E-state index in [0.29, 0.717) is 5.54 Å². The van der Waals surface area contributed by atoms with Crippen molar-refractivity contribution in [2.45, 2.75) is 17.3 Å². The average molecular weight is 211 g/mol. The first-order valence-electron chi connectivity index (χ1n) is 4.46. The fourth-order valence-corrected chi connectivity index (χ4v) is 1.80. The van der Waals surface area contributed by atoms with Crippen LogP contribution in [0.1, 0.15) is 12.5 Å². The minimum atomic E-state index is -0.283. The van der Waals surface area contributed by atoms with Crippen LogP contribution in [0.3, 0.4) is 0 Å². The summed E-state index contributed by atoms with van der Waals surface area (Å²) in [6, 6.07) is 10.2. The van der Waals surface area contributed by atoms with Crippen molar-refractivity contribution in [3.63, 3.8) is 0 Å². The molecule has 0 spiro atoms. The number of hydrogen-bond donors (Lipinski definition) is 0. The van der Waals surface area contributed by atoms with Crippen molar-refractivity contribution in [1.29, 1.82) is 0 Å². The summed E-state index contributed by atoms with van der Waals surface area (Å²) in [5, 5.41) is 0. The first-order valence-corrected chi connectivity index (χ1v) is 5.99. The van der Waals surface area contributed by atoms with Crippen LogP contribution in [-0.2, 0) is 4.87 Å². The molecule has 2 unspecified atom stereocenters. The molecule has 0 aliphatic carbocycles. The van der Waals surface area contributed by atoms with Gasteiger partial charge in [-0.25, -0.2) is 0 Å². The summed E-state index contributed by atoms with van der Waals surface area (Å²) in [6.07, 6.45) is 1.95. The Kier molecular flexibility index (Phi) is 3.34. The molecule has 2 heteroatoms. The van der Waals surface area contributed by atoms with Crippen LogP contribution < -0.4 is 0 Å². The first-order chi connectivity index (χ1) is 6.09. The predicted molar refractivity (Wildman–Crippen MR) is 63.5 cm³/mol. The van der Waals surface area contributed by atoms with Crippen molar-refractivity contribution in [3.8, 4) is 0 Å². The first kappa shape index (κ1) is 10.5. The lowest BCUT2D eigenvalue weighted by atomic mass is 9.96. The second-order valence-corrected chi connectivity index (χ2v) is 5.50. The molecule has 0 nitrogen and oxygen atoms in total. The van der Waals surface area contributed by atoms with Crippen molar-refractivity contribution in [1.82, 2.24) is 0 Å². The molecule has 1 rings (SSSR count). The minimum absolute atomic E-state index is 0.283. The van der Waals surface area contributed by atoms with E-state index in [1.807, 2.05) is 24.3 Å². The highest BCUT2D eigenvalue weighted by molar-refractivity contribution is 6.30. The quantitative estimate of drug-likeness (QED) is 0.409. The summed E-state index contributed by atoms with van der Waals surface area (Å²) in [6.45, 7) is 5.86. The maximum absolute atomic E-state index is 6.48. The Morgan fingerprint density at radius 3 is 2.46 bits per heavy atom. The third kappa shape index (κ3) is 2.23. The summed E-state index contributed by atoms with van der Waals surface area (Å²) in [4.78, 5) is -0.283. The highest BCUT2D eigenvalue weighted by Crippen LogP contribution is 2.38. The second-order valence-electron chi connectivity index (χ2n) is 3.47. The van der Waals surface area contributed by atoms with Gasteiger partial charge < -0.3 is 0 Å². The Hall–Kier alpha value is -0.533. The lowest BCUT2D eigenvalue weighted by molar-refractivity contribution is 0.689. The number of rotatable bonds is 3. The highest BCUT2D eigenvalue weighted by atomic mass is 35.5. The molecule has 0 bridgehead atoms. The molecule has 0 aliphatic rings. The molecule has 1 aromatic carbocycles. The Bertz CT molecular complexity index is 279. The second kappa shape index (κ2) is 4.12. The predicted octanol–water partition coefficient (Wildman–Crippen LogP) is 2.48. The topological polar surface area (TPSA) is 0 Å². The van der Waals surface area contributed by atoms with E-state index in [-0.39, 0.29) is 4.87 Å². The average Bonchev–Trinajstić information content (AvgIpc) is 2.18. The fourth-order valence-electron chi connectivity index (χ4n) is 1.25. The molecule has 13 heavy (non-hydrogen) atoms. The molecule has 0 saturated carbocycles. The van der Waals surface area contributed by atoms with Crippen LogP contribution in [0.25, 0.3) is 0 Å². The minimum Gasteiger partial charge on any atom is -0.114 e. The molecule has 0 radical (unpaired) electrons. The standard InChI is InChI=1S/C11H15ClSi/c1-3-10(13)11(2,12)9-7-5-4-6-8-9/h3-8,10H,1H2,2,13H3. The van der Waals surface area contributed by atoms with Crippen molar-refractivity contribution in [2.75, 3.05) is 0 Å². The monoisotopic (exact) mass is 210 g/mol. The molecule has 0 fully saturated rings. The Balaban J connectivity index is 3.00. The van der Waals surface area contributed by atoms with Crippen LogP contribution in [0.4, 0.5) is 0 Å². The summed E-state index contributed by atoms with van der Waals surface area (Å²) in [5.74, 6) is 0. The zero-order valence-corrected chi connectivity index (χ0v) is 10.9. The maximum atomic E-state index is 6.48. The number of benzene rings is 1. The summed E-state index contributed by atoms with van der Waals surface area (Å²) in [5.41, 5.74) is 1.58. The summed E-state index contributed by atoms with van der Waals surface area (Å²) >= 11 is 6.48. The Labute approximate surface area is 88.0 Å². The van der Waals surface area contributed by atoms with E-state index >= 15 is 0 Å². The van der Waals surface area contributed by atoms with Gasteiger partial charge in [0.25, 0.3) is 0 Å². The van der Waals surface area contributed by atoms with Gasteiger partial charge in [0.2, 0.25) is 0 Å². The lowest BCUT2D eigenvalue weighted by Gasteiger charge is -2.27. The number of halogens is 1. The fraction of sp³-hybridized carbons (Fsp3) is 0.273. The van der Waals surface area contributed by atoms with E-state index < -0.39 is 0 Å². The Morgan fingerprint density at radius 1 is 1.46 bits per heavy atom. The van der Waals surface area contributed by atoms with Crippen LogP contribution in [0.15, 0.2) is 43.0 Å². The van der Waals surface area contributed by atoms with E-state index in [9.17, 15) is 0 Å². The van der Waals surface area contributed by atoms with Gasteiger partial charge in [-0.05, 0) is 18.0 Å². The van der Waals surface area contributed by atoms with Crippen molar-refractivity contribution in [2.24, 2.45) is 0 Å². The molecule has 0 heterocycles. The molecule has 0 aliphatic heterocycles. The van der Waals surface area contributed by atoms with Gasteiger partial charge in [-0.2, -0.15) is 0 Å². The highest BCUT2D eigenvalue weighted by Gasteiger charge is 2.27. The van der Waals surface area contributed by atoms with Gasteiger partial charge >= 0.3 is 0 Å². The Morgan fingerprint density at radius 2 is 2.00 bits per heavy atom. The van der Waals surface area contributed by atoms with Gasteiger partial charge in [0.1, 0.15) is 0 Å². The van der Waals surface area contributed by atoms with Crippen molar-refractivity contribution in [3.05, 3.63) is 48.6 Å². The largest absolute Gasteiger partial charge is 0.114 e. The zero-order valence-electron chi connectivity index (χ0n) is 8.13. The van der Waals surface area contributed by atoms with E-state index in [4.69, 9.17) is 11.6 Å². The summed E-state index contributed by atoms with van der Waals surface area (Å²) < 4.78 is 0. The third-order valence-corrected chi connectivity index (χ3v) is 5.10. The molecule has 0 N–H and O–H groups in total. The van der Waals surface area contributed by atoms with Crippen LogP contribution in [0.2, 0.25) is 5.54 Å². The molecule has 0 saturated heterocycles. The van der Waals surface area contributed by atoms with Crippen LogP contribution in [0, 0.1) is 0 Å². The SMILES string of the molecule is C=CC([SiH3])C(C)(Cl)c1ccccc1. The number of allylic oxidation sites excluding steroid dienone is 1. The molecular formula is C11H15ClSi. The van der Waals surface area contributed by atoms with Gasteiger partial charge in [0.15, 0.2) is 0 Å². The van der Waals surface area contributed by atoms with Gasteiger partial charge in [0.05, 0.1) is 4.87 Å². The van der Waals surface area contributed by atoms with Gasteiger partial charge in [-0.3, -0.25) is 0 Å². The van der Waals surface area contributed by atoms with E-state index in [1.54, 1.807) is 0 Å². The molecular weight excluding hydrogens is 196 g/mol. The summed E-state index contributed by atoms with van der Waals surface area (Å²) in [7, 11) is 1.03.